The molecule has 1 aromatic rings. The van der Waals surface area contributed by atoms with Gasteiger partial charge in [0.15, 0.2) is 11.5 Å². The number of hydrogen-bond donors (Lipinski definition) is 0. The van der Waals surface area contributed by atoms with Crippen LogP contribution in [0.4, 0.5) is 0 Å². The second-order valence-electron chi connectivity index (χ2n) is 3.27. The van der Waals surface area contributed by atoms with Crippen molar-refractivity contribution in [3.63, 3.8) is 0 Å². The number of hydrogen-bond acceptors (Lipinski definition) is 2. The minimum Gasteiger partial charge on any atom is -0.493 e. The predicted molar refractivity (Wildman–Crippen MR) is 64.4 cm³/mol. The molecule has 1 rings (SSSR count). The van der Waals surface area contributed by atoms with E-state index >= 15 is 0 Å². The van der Waals surface area contributed by atoms with Crippen molar-refractivity contribution in [1.29, 1.82) is 0 Å². The van der Waals surface area contributed by atoms with Crippen molar-refractivity contribution in [3.8, 4) is 23.8 Å². The van der Waals surface area contributed by atoms with Crippen molar-refractivity contribution in [2.24, 2.45) is 0 Å². The molecule has 0 bridgehead atoms. The van der Waals surface area contributed by atoms with Crippen LogP contribution in [0.5, 0.6) is 11.5 Å². The summed E-state index contributed by atoms with van der Waals surface area (Å²) in [6, 6.07) is 3.62. The van der Waals surface area contributed by atoms with Crippen LogP contribution in [-0.2, 0) is 0 Å². The van der Waals surface area contributed by atoms with E-state index in [0.717, 1.165) is 10.0 Å². The van der Waals surface area contributed by atoms with Gasteiger partial charge in [0.2, 0.25) is 0 Å². The van der Waals surface area contributed by atoms with Gasteiger partial charge in [-0.05, 0) is 41.9 Å². The Morgan fingerprint density at radius 2 is 2.07 bits per heavy atom. The van der Waals surface area contributed by atoms with Crippen molar-refractivity contribution in [2.75, 3.05) is 7.11 Å². The van der Waals surface area contributed by atoms with Crippen LogP contribution in [0.3, 0.4) is 0 Å². The van der Waals surface area contributed by atoms with E-state index in [-0.39, 0.29) is 6.10 Å². The van der Waals surface area contributed by atoms with Gasteiger partial charge in [0.05, 0.1) is 17.7 Å². The van der Waals surface area contributed by atoms with Crippen LogP contribution in [0.2, 0.25) is 0 Å². The van der Waals surface area contributed by atoms with Gasteiger partial charge in [-0.3, -0.25) is 0 Å². The Bertz CT molecular complexity index is 391. The number of benzene rings is 1. The third-order valence-electron chi connectivity index (χ3n) is 1.79. The SMILES string of the molecule is C#Cc1ccc(OC)c(OC(C)C)c1Br. The topological polar surface area (TPSA) is 18.5 Å². The highest BCUT2D eigenvalue weighted by Crippen LogP contribution is 2.38. The average Bonchev–Trinajstić information content (AvgIpc) is 2.20. The zero-order valence-corrected chi connectivity index (χ0v) is 10.6. The lowest BCUT2D eigenvalue weighted by atomic mass is 10.2. The number of terminal acetylenes is 1. The molecule has 80 valence electrons. The fraction of sp³-hybridized carbons (Fsp3) is 0.333. The van der Waals surface area contributed by atoms with Gasteiger partial charge in [0.1, 0.15) is 0 Å². The molecule has 3 heteroatoms. The lowest BCUT2D eigenvalue weighted by Gasteiger charge is -2.15. The molecule has 0 saturated carbocycles. The smallest absolute Gasteiger partial charge is 0.176 e. The standard InChI is InChI=1S/C12H13BrO2/c1-5-9-6-7-10(14-4)12(11(9)13)15-8(2)3/h1,6-8H,2-4H3. The summed E-state index contributed by atoms with van der Waals surface area (Å²) in [6.45, 7) is 3.91. The monoisotopic (exact) mass is 268 g/mol. The lowest BCUT2D eigenvalue weighted by Crippen LogP contribution is -2.07. The molecule has 0 unspecified atom stereocenters. The van der Waals surface area contributed by atoms with Gasteiger partial charge in [-0.25, -0.2) is 0 Å². The molecule has 0 aliphatic heterocycles. The molecular formula is C12H13BrO2. The fourth-order valence-electron chi connectivity index (χ4n) is 1.16. The highest BCUT2D eigenvalue weighted by atomic mass is 79.9. The minimum atomic E-state index is 0.0724. The normalized spacial score (nSPS) is 9.87. The van der Waals surface area contributed by atoms with Crippen LogP contribution in [0.1, 0.15) is 19.4 Å². The van der Waals surface area contributed by atoms with Crippen LogP contribution in [0, 0.1) is 12.3 Å². The van der Waals surface area contributed by atoms with E-state index in [9.17, 15) is 0 Å². The second-order valence-corrected chi connectivity index (χ2v) is 4.06. The Hall–Kier alpha value is -1.14. The van der Waals surface area contributed by atoms with Crippen LogP contribution < -0.4 is 9.47 Å². The van der Waals surface area contributed by atoms with E-state index in [0.29, 0.717) is 11.5 Å². The zero-order valence-electron chi connectivity index (χ0n) is 9.00. The Morgan fingerprint density at radius 3 is 2.53 bits per heavy atom. The van der Waals surface area contributed by atoms with Crippen molar-refractivity contribution in [2.45, 2.75) is 20.0 Å². The molecule has 0 atom stereocenters. The van der Waals surface area contributed by atoms with Crippen molar-refractivity contribution < 1.29 is 9.47 Å². The van der Waals surface area contributed by atoms with E-state index in [1.54, 1.807) is 13.2 Å². The van der Waals surface area contributed by atoms with Gasteiger partial charge < -0.3 is 9.47 Å². The Kier molecular flexibility index (Phi) is 4.05. The molecule has 2 nitrogen and oxygen atoms in total. The summed E-state index contributed by atoms with van der Waals surface area (Å²) in [5, 5.41) is 0. The van der Waals surface area contributed by atoms with Gasteiger partial charge >= 0.3 is 0 Å². The summed E-state index contributed by atoms with van der Waals surface area (Å²) < 4.78 is 11.6. The first kappa shape index (κ1) is 11.9. The summed E-state index contributed by atoms with van der Waals surface area (Å²) in [4.78, 5) is 0. The van der Waals surface area contributed by atoms with Crippen LogP contribution in [-0.4, -0.2) is 13.2 Å². The Labute approximate surface area is 98.7 Å². The van der Waals surface area contributed by atoms with Crippen molar-refractivity contribution in [3.05, 3.63) is 22.2 Å². The molecule has 0 spiro atoms. The van der Waals surface area contributed by atoms with Gasteiger partial charge in [-0.15, -0.1) is 6.42 Å². The minimum absolute atomic E-state index is 0.0724. The summed E-state index contributed by atoms with van der Waals surface area (Å²) in [5.41, 5.74) is 0.756. The molecule has 0 saturated heterocycles. The third kappa shape index (κ3) is 2.66. The second kappa shape index (κ2) is 5.09. The maximum Gasteiger partial charge on any atom is 0.176 e. The summed E-state index contributed by atoms with van der Waals surface area (Å²) >= 11 is 3.41. The van der Waals surface area contributed by atoms with E-state index in [4.69, 9.17) is 15.9 Å². The lowest BCUT2D eigenvalue weighted by molar-refractivity contribution is 0.228. The van der Waals surface area contributed by atoms with E-state index < -0.39 is 0 Å². The van der Waals surface area contributed by atoms with Crippen LogP contribution >= 0.6 is 15.9 Å². The molecule has 0 aliphatic carbocycles. The van der Waals surface area contributed by atoms with Gasteiger partial charge in [-0.1, -0.05) is 5.92 Å². The highest BCUT2D eigenvalue weighted by molar-refractivity contribution is 9.10. The molecule has 0 fully saturated rings. The summed E-state index contributed by atoms with van der Waals surface area (Å²) in [6.07, 6.45) is 5.44. The van der Waals surface area contributed by atoms with Crippen molar-refractivity contribution >= 4 is 15.9 Å². The van der Waals surface area contributed by atoms with E-state index in [1.165, 1.54) is 0 Å². The van der Waals surface area contributed by atoms with Crippen LogP contribution in [0.15, 0.2) is 16.6 Å². The first-order chi connectivity index (χ1) is 7.10. The number of halogens is 1. The molecule has 0 radical (unpaired) electrons. The maximum absolute atomic E-state index is 5.64. The maximum atomic E-state index is 5.64. The average molecular weight is 269 g/mol. The summed E-state index contributed by atoms with van der Waals surface area (Å²) in [5.74, 6) is 3.91. The largest absolute Gasteiger partial charge is 0.493 e. The van der Waals surface area contributed by atoms with E-state index in [1.807, 2.05) is 19.9 Å². The van der Waals surface area contributed by atoms with Gasteiger partial charge in [0, 0.05) is 5.56 Å². The highest BCUT2D eigenvalue weighted by Gasteiger charge is 2.13. The third-order valence-corrected chi connectivity index (χ3v) is 2.58. The van der Waals surface area contributed by atoms with E-state index in [2.05, 4.69) is 21.9 Å². The van der Waals surface area contributed by atoms with Crippen molar-refractivity contribution in [1.82, 2.24) is 0 Å². The molecule has 1 aromatic carbocycles. The zero-order chi connectivity index (χ0) is 11.4. The predicted octanol–water partition coefficient (Wildman–Crippen LogP) is 3.23. The Morgan fingerprint density at radius 1 is 1.40 bits per heavy atom. The molecule has 0 heterocycles. The first-order valence-electron chi connectivity index (χ1n) is 4.60. The van der Waals surface area contributed by atoms with Crippen LogP contribution in [0.25, 0.3) is 0 Å². The Balaban J connectivity index is 3.24. The molecular weight excluding hydrogens is 256 g/mol. The molecule has 15 heavy (non-hydrogen) atoms. The number of methoxy groups -OCH3 is 1. The molecule has 0 N–H and O–H groups in total. The fourth-order valence-corrected chi connectivity index (χ4v) is 1.69. The number of ether oxygens (including phenoxy) is 2. The molecule has 0 amide bonds. The molecule has 0 aliphatic rings. The molecule has 0 aromatic heterocycles. The quantitative estimate of drug-likeness (QED) is 0.784. The summed E-state index contributed by atoms with van der Waals surface area (Å²) in [7, 11) is 1.60. The van der Waals surface area contributed by atoms with Gasteiger partial charge in [0.25, 0.3) is 0 Å². The van der Waals surface area contributed by atoms with Gasteiger partial charge in [-0.2, -0.15) is 0 Å². The first-order valence-corrected chi connectivity index (χ1v) is 5.39. The number of rotatable bonds is 3.